The third-order valence-corrected chi connectivity index (χ3v) is 4.06. The molecule has 3 heterocycles. The van der Waals surface area contributed by atoms with Gasteiger partial charge in [-0.2, -0.15) is 5.10 Å². The fraction of sp³-hybridized carbons (Fsp3) is 0.438. The van der Waals surface area contributed by atoms with Gasteiger partial charge in [0.2, 0.25) is 0 Å². The summed E-state index contributed by atoms with van der Waals surface area (Å²) in [6.07, 6.45) is 4.23. The van der Waals surface area contributed by atoms with Crippen LogP contribution in [0.1, 0.15) is 29.8 Å². The van der Waals surface area contributed by atoms with Crippen molar-refractivity contribution < 1.29 is 4.79 Å². The average molecular weight is 314 g/mol. The predicted octanol–water partition coefficient (Wildman–Crippen LogP) is 2.34. The molecule has 0 aromatic carbocycles. The van der Waals surface area contributed by atoms with Crippen molar-refractivity contribution in [3.05, 3.63) is 35.3 Å². The Kier molecular flexibility index (Phi) is 4.45. The van der Waals surface area contributed by atoms with Crippen LogP contribution in [0.5, 0.6) is 0 Å². The molecule has 0 atom stereocenters. The monoisotopic (exact) mass is 314 g/mol. The number of pyridine rings is 1. The molecule has 0 saturated carbocycles. The van der Waals surface area contributed by atoms with E-state index in [-0.39, 0.29) is 6.03 Å². The number of urea groups is 1. The average Bonchev–Trinajstić information content (AvgIpc) is 3.19. The summed E-state index contributed by atoms with van der Waals surface area (Å²) in [5.41, 5.74) is 3.39. The van der Waals surface area contributed by atoms with Gasteiger partial charge in [0.25, 0.3) is 0 Å². The van der Waals surface area contributed by atoms with Crippen LogP contribution >= 0.6 is 0 Å². The van der Waals surface area contributed by atoms with E-state index in [0.29, 0.717) is 6.54 Å². The molecule has 0 spiro atoms. The Morgan fingerprint density at radius 1 is 1.35 bits per heavy atom. The summed E-state index contributed by atoms with van der Waals surface area (Å²) in [5, 5.41) is 12.6. The fourth-order valence-corrected chi connectivity index (χ4v) is 2.76. The van der Waals surface area contributed by atoms with Crippen molar-refractivity contribution in [2.75, 3.05) is 23.3 Å². The van der Waals surface area contributed by atoms with Crippen LogP contribution < -0.4 is 15.5 Å². The molecule has 23 heavy (non-hydrogen) atoms. The maximum Gasteiger partial charge on any atom is 0.319 e. The first-order valence-corrected chi connectivity index (χ1v) is 7.90. The molecule has 1 aliphatic heterocycles. The van der Waals surface area contributed by atoms with Crippen LogP contribution in [0.4, 0.5) is 16.3 Å². The summed E-state index contributed by atoms with van der Waals surface area (Å²) in [6.45, 7) is 6.31. The molecule has 2 aromatic rings. The number of anilines is 2. The van der Waals surface area contributed by atoms with Crippen LogP contribution in [-0.2, 0) is 6.54 Å². The predicted molar refractivity (Wildman–Crippen MR) is 89.6 cm³/mol. The second-order valence-electron chi connectivity index (χ2n) is 5.83. The van der Waals surface area contributed by atoms with Gasteiger partial charge in [-0.1, -0.05) is 0 Å². The van der Waals surface area contributed by atoms with E-state index in [1.54, 1.807) is 6.20 Å². The highest BCUT2D eigenvalue weighted by atomic mass is 16.2. The van der Waals surface area contributed by atoms with Crippen molar-refractivity contribution >= 4 is 17.5 Å². The zero-order valence-corrected chi connectivity index (χ0v) is 13.5. The maximum atomic E-state index is 12.0. The van der Waals surface area contributed by atoms with Crippen molar-refractivity contribution in [2.24, 2.45) is 0 Å². The molecule has 3 N–H and O–H groups in total. The Balaban J connectivity index is 1.57. The fourth-order valence-electron chi connectivity index (χ4n) is 2.76. The van der Waals surface area contributed by atoms with Gasteiger partial charge in [0.05, 0.1) is 17.1 Å². The van der Waals surface area contributed by atoms with Crippen LogP contribution in [0.25, 0.3) is 0 Å². The molecular formula is C16H22N6O. The van der Waals surface area contributed by atoms with E-state index in [9.17, 15) is 4.79 Å². The number of H-pyrrole nitrogens is 1. The third-order valence-electron chi connectivity index (χ3n) is 4.06. The largest absolute Gasteiger partial charge is 0.357 e. The Bertz CT molecular complexity index is 670. The molecule has 0 radical (unpaired) electrons. The van der Waals surface area contributed by atoms with Crippen molar-refractivity contribution in [3.63, 3.8) is 0 Å². The smallest absolute Gasteiger partial charge is 0.319 e. The summed E-state index contributed by atoms with van der Waals surface area (Å²) in [5.74, 6) is 0.990. The highest BCUT2D eigenvalue weighted by molar-refractivity contribution is 5.90. The topological polar surface area (TPSA) is 85.9 Å². The number of rotatable bonds is 4. The van der Waals surface area contributed by atoms with Gasteiger partial charge in [-0.3, -0.25) is 5.10 Å². The van der Waals surface area contributed by atoms with Gasteiger partial charge in [0.15, 0.2) is 0 Å². The number of aromatic nitrogens is 3. The quantitative estimate of drug-likeness (QED) is 0.808. The number of carbonyl (C=O) groups is 1. The molecule has 1 saturated heterocycles. The summed E-state index contributed by atoms with van der Waals surface area (Å²) in [6, 6.07) is 3.73. The summed E-state index contributed by atoms with van der Waals surface area (Å²) in [7, 11) is 0. The standard InChI is InChI=1S/C16H22N6O/c1-11-15(12(2)21-20-11)19-16(23)18-10-13-5-6-17-14(9-13)22-7-3-4-8-22/h5-6,9H,3-4,7-8,10H2,1-2H3,(H,20,21)(H2,18,19,23). The van der Waals surface area contributed by atoms with Crippen LogP contribution in [-0.4, -0.2) is 34.3 Å². The number of nitrogens with one attached hydrogen (secondary N) is 3. The Morgan fingerprint density at radius 2 is 2.13 bits per heavy atom. The highest BCUT2D eigenvalue weighted by Crippen LogP contribution is 2.19. The minimum Gasteiger partial charge on any atom is -0.357 e. The van der Waals surface area contributed by atoms with Crippen LogP contribution in [0, 0.1) is 13.8 Å². The van der Waals surface area contributed by atoms with Crippen molar-refractivity contribution in [1.29, 1.82) is 0 Å². The van der Waals surface area contributed by atoms with Gasteiger partial charge in [0, 0.05) is 25.8 Å². The van der Waals surface area contributed by atoms with Gasteiger partial charge in [-0.15, -0.1) is 0 Å². The SMILES string of the molecule is Cc1n[nH]c(C)c1NC(=O)NCc1ccnc(N2CCCC2)c1. The summed E-state index contributed by atoms with van der Waals surface area (Å²) < 4.78 is 0. The van der Waals surface area contributed by atoms with Gasteiger partial charge >= 0.3 is 6.03 Å². The number of nitrogens with zero attached hydrogens (tertiary/aromatic N) is 3. The van der Waals surface area contributed by atoms with E-state index < -0.39 is 0 Å². The van der Waals surface area contributed by atoms with Gasteiger partial charge < -0.3 is 15.5 Å². The number of aryl methyl sites for hydroxylation is 2. The second kappa shape index (κ2) is 6.68. The zero-order chi connectivity index (χ0) is 16.2. The van der Waals surface area contributed by atoms with E-state index in [1.165, 1.54) is 12.8 Å². The molecule has 7 nitrogen and oxygen atoms in total. The molecule has 2 aromatic heterocycles. The lowest BCUT2D eigenvalue weighted by molar-refractivity contribution is 0.251. The molecular weight excluding hydrogens is 292 g/mol. The van der Waals surface area contributed by atoms with E-state index >= 15 is 0 Å². The maximum absolute atomic E-state index is 12.0. The molecule has 1 aliphatic rings. The Hall–Kier alpha value is -2.57. The Morgan fingerprint density at radius 3 is 2.83 bits per heavy atom. The molecule has 0 bridgehead atoms. The summed E-state index contributed by atoms with van der Waals surface area (Å²) in [4.78, 5) is 18.7. The van der Waals surface area contributed by atoms with Gasteiger partial charge in [-0.25, -0.2) is 9.78 Å². The molecule has 0 aliphatic carbocycles. The summed E-state index contributed by atoms with van der Waals surface area (Å²) >= 11 is 0. The lowest BCUT2D eigenvalue weighted by Gasteiger charge is -2.17. The molecule has 122 valence electrons. The number of hydrogen-bond acceptors (Lipinski definition) is 4. The number of carbonyl (C=O) groups excluding carboxylic acids is 1. The number of amides is 2. The first-order chi connectivity index (χ1) is 11.1. The second-order valence-corrected chi connectivity index (χ2v) is 5.83. The Labute approximate surface area is 135 Å². The van der Waals surface area contributed by atoms with Gasteiger partial charge in [-0.05, 0) is 44.4 Å². The minimum absolute atomic E-state index is 0.239. The zero-order valence-electron chi connectivity index (χ0n) is 13.5. The van der Waals surface area contributed by atoms with Crippen molar-refractivity contribution in [1.82, 2.24) is 20.5 Å². The van der Waals surface area contributed by atoms with E-state index in [4.69, 9.17) is 0 Å². The van der Waals surface area contributed by atoms with Gasteiger partial charge in [0.1, 0.15) is 5.82 Å². The third kappa shape index (κ3) is 3.61. The van der Waals surface area contributed by atoms with E-state index in [1.807, 2.05) is 26.0 Å². The molecule has 7 heteroatoms. The molecule has 0 unspecified atom stereocenters. The lowest BCUT2D eigenvalue weighted by atomic mass is 10.2. The first kappa shape index (κ1) is 15.3. The normalized spacial score (nSPS) is 14.1. The van der Waals surface area contributed by atoms with Crippen LogP contribution in [0.15, 0.2) is 18.3 Å². The highest BCUT2D eigenvalue weighted by Gasteiger charge is 2.14. The minimum atomic E-state index is -0.239. The van der Waals surface area contributed by atoms with E-state index in [0.717, 1.165) is 41.5 Å². The van der Waals surface area contributed by atoms with Crippen LogP contribution in [0.3, 0.4) is 0 Å². The van der Waals surface area contributed by atoms with Crippen LogP contribution in [0.2, 0.25) is 0 Å². The van der Waals surface area contributed by atoms with Crippen molar-refractivity contribution in [2.45, 2.75) is 33.2 Å². The van der Waals surface area contributed by atoms with E-state index in [2.05, 4.69) is 30.7 Å². The molecule has 3 rings (SSSR count). The molecule has 2 amide bonds. The number of aromatic amines is 1. The lowest BCUT2D eigenvalue weighted by Crippen LogP contribution is -2.28. The van der Waals surface area contributed by atoms with Crippen molar-refractivity contribution in [3.8, 4) is 0 Å². The first-order valence-electron chi connectivity index (χ1n) is 7.90. The number of hydrogen-bond donors (Lipinski definition) is 3. The molecule has 1 fully saturated rings.